The Morgan fingerprint density at radius 3 is 2.84 bits per heavy atom. The van der Waals surface area contributed by atoms with Gasteiger partial charge < -0.3 is 10.1 Å². The number of amides is 1. The van der Waals surface area contributed by atoms with Crippen LogP contribution in [0.3, 0.4) is 0 Å². The number of alkyl halides is 1. The van der Waals surface area contributed by atoms with Crippen molar-refractivity contribution in [2.75, 3.05) is 12.4 Å². The molecule has 0 spiro atoms. The van der Waals surface area contributed by atoms with Crippen LogP contribution in [-0.2, 0) is 18.0 Å². The summed E-state index contributed by atoms with van der Waals surface area (Å²) in [6.45, 7) is 2.02. The molecule has 1 saturated carbocycles. The minimum absolute atomic E-state index is 0.00977. The van der Waals surface area contributed by atoms with Gasteiger partial charge in [0.1, 0.15) is 0 Å². The van der Waals surface area contributed by atoms with Gasteiger partial charge in [-0.1, -0.05) is 6.07 Å². The molecule has 1 aliphatic heterocycles. The van der Waals surface area contributed by atoms with E-state index in [0.29, 0.717) is 19.1 Å². The molecule has 3 nitrogen and oxygen atoms in total. The zero-order chi connectivity index (χ0) is 13.3. The van der Waals surface area contributed by atoms with E-state index < -0.39 is 0 Å². The second-order valence-electron chi connectivity index (χ2n) is 5.60. The van der Waals surface area contributed by atoms with Gasteiger partial charge in [0, 0.05) is 18.0 Å². The Kier molecular flexibility index (Phi) is 3.50. The van der Waals surface area contributed by atoms with Crippen molar-refractivity contribution in [3.8, 4) is 0 Å². The topological polar surface area (TPSA) is 38.3 Å². The zero-order valence-electron chi connectivity index (χ0n) is 10.9. The van der Waals surface area contributed by atoms with Crippen molar-refractivity contribution in [2.24, 2.45) is 5.41 Å². The molecule has 0 bridgehead atoms. The van der Waals surface area contributed by atoms with E-state index in [-0.39, 0.29) is 11.3 Å². The van der Waals surface area contributed by atoms with Crippen LogP contribution in [0, 0.1) is 5.41 Å². The Labute approximate surface area is 118 Å². The van der Waals surface area contributed by atoms with E-state index in [1.54, 1.807) is 0 Å². The predicted molar refractivity (Wildman–Crippen MR) is 74.3 cm³/mol. The van der Waals surface area contributed by atoms with Gasteiger partial charge in [-0.25, -0.2) is 0 Å². The lowest BCUT2D eigenvalue weighted by atomic mass is 10.0. The number of nitrogens with one attached hydrogen (secondary N) is 1. The van der Waals surface area contributed by atoms with Gasteiger partial charge >= 0.3 is 0 Å². The van der Waals surface area contributed by atoms with E-state index in [2.05, 4.69) is 5.32 Å². The quantitative estimate of drug-likeness (QED) is 0.842. The van der Waals surface area contributed by atoms with Crippen LogP contribution in [0.1, 0.15) is 40.7 Å². The molecule has 1 heterocycles. The zero-order valence-corrected chi connectivity index (χ0v) is 11.6. The third-order valence-electron chi connectivity index (χ3n) is 4.19. The van der Waals surface area contributed by atoms with Gasteiger partial charge in [0.15, 0.2) is 0 Å². The van der Waals surface area contributed by atoms with Crippen LogP contribution in [0.25, 0.3) is 0 Å². The minimum Gasteiger partial charge on any atom is -0.372 e. The van der Waals surface area contributed by atoms with E-state index in [1.807, 2.05) is 18.2 Å². The van der Waals surface area contributed by atoms with Crippen LogP contribution in [0.15, 0.2) is 18.2 Å². The van der Waals surface area contributed by atoms with Gasteiger partial charge in [-0.2, -0.15) is 0 Å². The van der Waals surface area contributed by atoms with Gasteiger partial charge in [0.2, 0.25) is 0 Å². The summed E-state index contributed by atoms with van der Waals surface area (Å²) in [6.07, 6.45) is 3.35. The average Bonchev–Trinajstić information content (AvgIpc) is 3.02. The van der Waals surface area contributed by atoms with Crippen molar-refractivity contribution < 1.29 is 9.53 Å². The summed E-state index contributed by atoms with van der Waals surface area (Å²) >= 11 is 5.80. The lowest BCUT2D eigenvalue weighted by Gasteiger charge is -2.14. The Morgan fingerprint density at radius 1 is 1.32 bits per heavy atom. The van der Waals surface area contributed by atoms with Gasteiger partial charge in [-0.3, -0.25) is 4.79 Å². The molecule has 1 aromatic rings. The number of fused-ring (bicyclic) bond motifs is 1. The van der Waals surface area contributed by atoms with Crippen LogP contribution in [0.5, 0.6) is 0 Å². The fraction of sp³-hybridized carbons (Fsp3) is 0.533. The van der Waals surface area contributed by atoms with Gasteiger partial charge in [-0.05, 0) is 47.9 Å². The van der Waals surface area contributed by atoms with Crippen molar-refractivity contribution in [1.82, 2.24) is 5.32 Å². The lowest BCUT2D eigenvalue weighted by molar-refractivity contribution is 0.0944. The van der Waals surface area contributed by atoms with E-state index >= 15 is 0 Å². The first-order valence-electron chi connectivity index (χ1n) is 6.76. The van der Waals surface area contributed by atoms with Crippen LogP contribution in [0.4, 0.5) is 0 Å². The number of benzene rings is 1. The van der Waals surface area contributed by atoms with E-state index in [0.717, 1.165) is 24.1 Å². The standard InChI is InChI=1S/C15H18ClNO2/c16-6-5-15(3-4-15)10-17-14(18)11-1-2-12-8-19-9-13(12)7-11/h1-2,7H,3-6,8-10H2,(H,17,18). The second-order valence-corrected chi connectivity index (χ2v) is 5.98. The number of ether oxygens (including phenoxy) is 1. The normalized spacial score (nSPS) is 19.0. The number of rotatable bonds is 5. The molecule has 1 aromatic carbocycles. The number of halogens is 1. The summed E-state index contributed by atoms with van der Waals surface area (Å²) in [5, 5.41) is 3.04. The molecule has 0 atom stereocenters. The number of hydrogen-bond donors (Lipinski definition) is 1. The molecule has 0 radical (unpaired) electrons. The minimum atomic E-state index is 0.00977. The van der Waals surface area contributed by atoms with Crippen LogP contribution < -0.4 is 5.32 Å². The molecule has 102 valence electrons. The molecule has 19 heavy (non-hydrogen) atoms. The summed E-state index contributed by atoms with van der Waals surface area (Å²) in [6, 6.07) is 5.81. The highest BCUT2D eigenvalue weighted by atomic mass is 35.5. The van der Waals surface area contributed by atoms with E-state index in [1.165, 1.54) is 18.4 Å². The maximum atomic E-state index is 12.1. The third-order valence-corrected chi connectivity index (χ3v) is 4.38. The Hall–Kier alpha value is -1.06. The molecule has 4 heteroatoms. The van der Waals surface area contributed by atoms with E-state index in [9.17, 15) is 4.79 Å². The number of hydrogen-bond acceptors (Lipinski definition) is 2. The largest absolute Gasteiger partial charge is 0.372 e. The highest BCUT2D eigenvalue weighted by Gasteiger charge is 2.41. The lowest BCUT2D eigenvalue weighted by Crippen LogP contribution is -2.30. The molecular formula is C15H18ClNO2. The maximum Gasteiger partial charge on any atom is 0.251 e. The summed E-state index contributed by atoms with van der Waals surface area (Å²) in [7, 11) is 0. The van der Waals surface area contributed by atoms with Crippen molar-refractivity contribution in [2.45, 2.75) is 32.5 Å². The highest BCUT2D eigenvalue weighted by Crippen LogP contribution is 2.48. The Bertz CT molecular complexity index is 497. The van der Waals surface area contributed by atoms with Crippen LogP contribution in [0.2, 0.25) is 0 Å². The smallest absolute Gasteiger partial charge is 0.251 e. The van der Waals surface area contributed by atoms with Crippen LogP contribution >= 0.6 is 11.6 Å². The second kappa shape index (κ2) is 5.14. The molecule has 2 aliphatic rings. The van der Waals surface area contributed by atoms with Gasteiger partial charge in [0.25, 0.3) is 5.91 Å². The maximum absolute atomic E-state index is 12.1. The van der Waals surface area contributed by atoms with Crippen molar-refractivity contribution in [1.29, 1.82) is 0 Å². The molecular weight excluding hydrogens is 262 g/mol. The molecule has 0 saturated heterocycles. The molecule has 0 aromatic heterocycles. The van der Waals surface area contributed by atoms with E-state index in [4.69, 9.17) is 16.3 Å². The molecule has 3 rings (SSSR count). The summed E-state index contributed by atoms with van der Waals surface area (Å²) in [4.78, 5) is 12.1. The molecule has 0 unspecified atom stereocenters. The summed E-state index contributed by atoms with van der Waals surface area (Å²) < 4.78 is 5.36. The molecule has 1 fully saturated rings. The summed E-state index contributed by atoms with van der Waals surface area (Å²) in [5.41, 5.74) is 3.33. The van der Waals surface area contributed by atoms with Crippen molar-refractivity contribution in [3.63, 3.8) is 0 Å². The highest BCUT2D eigenvalue weighted by molar-refractivity contribution is 6.17. The third kappa shape index (κ3) is 2.77. The molecule has 1 N–H and O–H groups in total. The first-order valence-corrected chi connectivity index (χ1v) is 7.30. The predicted octanol–water partition coefficient (Wildman–Crippen LogP) is 2.86. The SMILES string of the molecule is O=C(NCC1(CCCl)CC1)c1ccc2c(c1)COC2. The summed E-state index contributed by atoms with van der Waals surface area (Å²) in [5.74, 6) is 0.682. The van der Waals surface area contributed by atoms with Gasteiger partial charge in [-0.15, -0.1) is 11.6 Å². The number of carbonyl (C=O) groups is 1. The van der Waals surface area contributed by atoms with Crippen LogP contribution in [-0.4, -0.2) is 18.3 Å². The first-order chi connectivity index (χ1) is 9.22. The van der Waals surface area contributed by atoms with Crippen molar-refractivity contribution >= 4 is 17.5 Å². The fourth-order valence-corrected chi connectivity index (χ4v) is 2.98. The number of carbonyl (C=O) groups excluding carboxylic acids is 1. The fourth-order valence-electron chi connectivity index (χ4n) is 2.58. The monoisotopic (exact) mass is 279 g/mol. The average molecular weight is 280 g/mol. The Morgan fingerprint density at radius 2 is 2.11 bits per heavy atom. The molecule has 1 amide bonds. The molecule has 1 aliphatic carbocycles. The van der Waals surface area contributed by atoms with Gasteiger partial charge in [0.05, 0.1) is 13.2 Å². The first kappa shape index (κ1) is 12.9. The van der Waals surface area contributed by atoms with Crippen molar-refractivity contribution in [3.05, 3.63) is 34.9 Å². The Balaban J connectivity index is 1.61.